The van der Waals surface area contributed by atoms with E-state index in [0.717, 1.165) is 22.4 Å². The van der Waals surface area contributed by atoms with Crippen LogP contribution in [0.2, 0.25) is 0 Å². The maximum absolute atomic E-state index is 13.0. The predicted molar refractivity (Wildman–Crippen MR) is 121 cm³/mol. The van der Waals surface area contributed by atoms with Gasteiger partial charge in [0.2, 0.25) is 6.10 Å². The first-order valence-corrected chi connectivity index (χ1v) is 10.2. The molecule has 0 aliphatic heterocycles. The summed E-state index contributed by atoms with van der Waals surface area (Å²) in [6.07, 6.45) is -1.01. The van der Waals surface area contributed by atoms with Crippen molar-refractivity contribution in [2.75, 3.05) is 11.9 Å². The quantitative estimate of drug-likeness (QED) is 0.505. The smallest absolute Gasteiger partial charge is 0.310 e. The fraction of sp³-hybridized carbons (Fsp3) is 0.231. The van der Waals surface area contributed by atoms with Gasteiger partial charge in [0.15, 0.2) is 0 Å². The molecule has 0 aliphatic carbocycles. The van der Waals surface area contributed by atoms with Crippen LogP contribution in [0.15, 0.2) is 72.8 Å². The molecular weight excluding hydrogens is 390 g/mol. The monoisotopic (exact) mass is 417 g/mol. The van der Waals surface area contributed by atoms with E-state index < -0.39 is 18.0 Å². The maximum atomic E-state index is 13.0. The van der Waals surface area contributed by atoms with Crippen molar-refractivity contribution >= 4 is 17.6 Å². The number of carbonyl (C=O) groups is 2. The van der Waals surface area contributed by atoms with E-state index >= 15 is 0 Å². The van der Waals surface area contributed by atoms with Crippen LogP contribution in [-0.4, -0.2) is 18.5 Å². The van der Waals surface area contributed by atoms with Crippen LogP contribution < -0.4 is 10.1 Å². The number of rotatable bonds is 8. The van der Waals surface area contributed by atoms with E-state index in [9.17, 15) is 9.59 Å². The van der Waals surface area contributed by atoms with Crippen LogP contribution in [0.25, 0.3) is 0 Å². The van der Waals surface area contributed by atoms with Crippen molar-refractivity contribution in [3.63, 3.8) is 0 Å². The molecule has 3 aromatic carbocycles. The zero-order valence-corrected chi connectivity index (χ0v) is 18.1. The molecule has 3 rings (SSSR count). The summed E-state index contributed by atoms with van der Waals surface area (Å²) in [5, 5.41) is 2.90. The molecule has 0 saturated carbocycles. The second kappa shape index (κ2) is 10.4. The van der Waals surface area contributed by atoms with Crippen LogP contribution in [0.3, 0.4) is 0 Å². The van der Waals surface area contributed by atoms with Gasteiger partial charge in [-0.15, -0.1) is 0 Å². The Bertz CT molecular complexity index is 1050. The Labute approximate surface area is 183 Å². The maximum Gasteiger partial charge on any atom is 0.310 e. The third kappa shape index (κ3) is 6.19. The Kier molecular flexibility index (Phi) is 7.44. The molecule has 31 heavy (non-hydrogen) atoms. The number of hydrogen-bond donors (Lipinski definition) is 1. The summed E-state index contributed by atoms with van der Waals surface area (Å²) in [6, 6.07) is 22.4. The minimum absolute atomic E-state index is 0.0361. The summed E-state index contributed by atoms with van der Waals surface area (Å²) in [6.45, 7) is 5.99. The second-order valence-electron chi connectivity index (χ2n) is 7.45. The van der Waals surface area contributed by atoms with Crippen molar-refractivity contribution in [2.45, 2.75) is 33.3 Å². The number of anilines is 1. The molecule has 0 unspecified atom stereocenters. The first kappa shape index (κ1) is 22.1. The van der Waals surface area contributed by atoms with E-state index in [1.165, 1.54) is 0 Å². The number of benzene rings is 3. The summed E-state index contributed by atoms with van der Waals surface area (Å²) < 4.78 is 11.3. The first-order chi connectivity index (χ1) is 14.9. The molecule has 5 heteroatoms. The number of esters is 1. The lowest BCUT2D eigenvalue weighted by Crippen LogP contribution is -2.26. The molecule has 1 atom stereocenters. The molecule has 5 nitrogen and oxygen atoms in total. The molecule has 0 aliphatic rings. The third-order valence-corrected chi connectivity index (χ3v) is 4.90. The highest BCUT2D eigenvalue weighted by Gasteiger charge is 2.25. The van der Waals surface area contributed by atoms with Gasteiger partial charge < -0.3 is 14.8 Å². The van der Waals surface area contributed by atoms with Crippen molar-refractivity contribution in [1.29, 1.82) is 0 Å². The van der Waals surface area contributed by atoms with E-state index in [0.29, 0.717) is 11.3 Å². The van der Waals surface area contributed by atoms with Crippen LogP contribution in [0.5, 0.6) is 5.75 Å². The zero-order chi connectivity index (χ0) is 22.2. The van der Waals surface area contributed by atoms with E-state index in [2.05, 4.69) is 5.32 Å². The normalized spacial score (nSPS) is 11.5. The Morgan fingerprint density at radius 3 is 2.32 bits per heavy atom. The molecule has 0 radical (unpaired) electrons. The fourth-order valence-electron chi connectivity index (χ4n) is 3.12. The van der Waals surface area contributed by atoms with Crippen LogP contribution in [0.4, 0.5) is 5.69 Å². The molecule has 0 bridgehead atoms. The summed E-state index contributed by atoms with van der Waals surface area (Å²) in [7, 11) is 0. The molecule has 0 spiro atoms. The minimum atomic E-state index is -1.05. The van der Waals surface area contributed by atoms with E-state index in [1.54, 1.807) is 12.1 Å². The first-order valence-electron chi connectivity index (χ1n) is 10.2. The Morgan fingerprint density at radius 1 is 0.871 bits per heavy atom. The topological polar surface area (TPSA) is 64.6 Å². The second-order valence-corrected chi connectivity index (χ2v) is 7.45. The van der Waals surface area contributed by atoms with Crippen molar-refractivity contribution in [1.82, 2.24) is 0 Å². The summed E-state index contributed by atoms with van der Waals surface area (Å²) in [5.74, 6) is -0.172. The molecular formula is C26H27NO4. The van der Waals surface area contributed by atoms with Gasteiger partial charge in [0, 0.05) is 11.3 Å². The molecule has 1 amide bonds. The van der Waals surface area contributed by atoms with Crippen molar-refractivity contribution in [3.8, 4) is 5.75 Å². The lowest BCUT2D eigenvalue weighted by Gasteiger charge is -2.19. The van der Waals surface area contributed by atoms with Crippen molar-refractivity contribution in [2.24, 2.45) is 0 Å². The van der Waals surface area contributed by atoms with Gasteiger partial charge in [0.1, 0.15) is 5.75 Å². The average Bonchev–Trinajstić information content (AvgIpc) is 2.76. The van der Waals surface area contributed by atoms with E-state index in [4.69, 9.17) is 9.47 Å². The molecule has 3 aromatic rings. The summed E-state index contributed by atoms with van der Waals surface area (Å²) in [5.41, 5.74) is 4.26. The molecule has 1 N–H and O–H groups in total. The Balaban J connectivity index is 1.67. The van der Waals surface area contributed by atoms with Gasteiger partial charge >= 0.3 is 5.97 Å². The number of carbonyl (C=O) groups excluding carboxylic acids is 2. The van der Waals surface area contributed by atoms with Gasteiger partial charge in [-0.2, -0.15) is 0 Å². The van der Waals surface area contributed by atoms with Crippen LogP contribution in [0.1, 0.15) is 34.8 Å². The van der Waals surface area contributed by atoms with Gasteiger partial charge in [-0.05, 0) is 49.6 Å². The Morgan fingerprint density at radius 2 is 1.58 bits per heavy atom. The van der Waals surface area contributed by atoms with Crippen LogP contribution >= 0.6 is 0 Å². The highest BCUT2D eigenvalue weighted by molar-refractivity contribution is 5.96. The summed E-state index contributed by atoms with van der Waals surface area (Å²) in [4.78, 5) is 25.5. The zero-order valence-electron chi connectivity index (χ0n) is 18.1. The SMILES string of the molecule is Cc1ccc(C)c(NC(=O)[C@H](OC(=O)CCOc2ccccc2C)c2ccccc2)c1. The van der Waals surface area contributed by atoms with Gasteiger partial charge in [0.25, 0.3) is 5.91 Å². The number of hydrogen-bond acceptors (Lipinski definition) is 4. The molecule has 0 aromatic heterocycles. The largest absolute Gasteiger partial charge is 0.493 e. The molecule has 160 valence electrons. The van der Waals surface area contributed by atoms with Gasteiger partial charge in [-0.3, -0.25) is 9.59 Å². The number of nitrogens with one attached hydrogen (secondary N) is 1. The number of para-hydroxylation sites is 1. The molecule has 0 saturated heterocycles. The molecule has 0 heterocycles. The highest BCUT2D eigenvalue weighted by Crippen LogP contribution is 2.23. The predicted octanol–water partition coefficient (Wildman–Crippen LogP) is 5.30. The van der Waals surface area contributed by atoms with E-state index in [-0.39, 0.29) is 13.0 Å². The lowest BCUT2D eigenvalue weighted by molar-refractivity contribution is -0.155. The van der Waals surface area contributed by atoms with Gasteiger partial charge in [0.05, 0.1) is 13.0 Å². The van der Waals surface area contributed by atoms with Crippen molar-refractivity contribution < 1.29 is 19.1 Å². The van der Waals surface area contributed by atoms with Gasteiger partial charge in [-0.25, -0.2) is 0 Å². The van der Waals surface area contributed by atoms with E-state index in [1.807, 2.05) is 81.4 Å². The minimum Gasteiger partial charge on any atom is -0.493 e. The fourth-order valence-corrected chi connectivity index (χ4v) is 3.12. The third-order valence-electron chi connectivity index (χ3n) is 4.90. The van der Waals surface area contributed by atoms with Gasteiger partial charge in [-0.1, -0.05) is 60.7 Å². The lowest BCUT2D eigenvalue weighted by atomic mass is 10.1. The van der Waals surface area contributed by atoms with Crippen LogP contribution in [-0.2, 0) is 14.3 Å². The standard InChI is InChI=1S/C26H27NO4/c1-18-13-14-19(2)22(17-18)27-26(29)25(21-10-5-4-6-11-21)31-24(28)15-16-30-23-12-8-7-9-20(23)3/h4-14,17,25H,15-16H2,1-3H3,(H,27,29)/t25-/m1/s1. The summed E-state index contributed by atoms with van der Waals surface area (Å²) >= 11 is 0. The molecule has 0 fully saturated rings. The van der Waals surface area contributed by atoms with Crippen LogP contribution in [0, 0.1) is 20.8 Å². The Hall–Kier alpha value is -3.60. The number of aryl methyl sites for hydroxylation is 3. The van der Waals surface area contributed by atoms with Crippen molar-refractivity contribution in [3.05, 3.63) is 95.1 Å². The number of amides is 1. The average molecular weight is 418 g/mol. The highest BCUT2D eigenvalue weighted by atomic mass is 16.6. The number of ether oxygens (including phenoxy) is 2.